The summed E-state index contributed by atoms with van der Waals surface area (Å²) in [6, 6.07) is 8.83. The van der Waals surface area contributed by atoms with E-state index in [9.17, 15) is 0 Å². The molecule has 3 aromatic rings. The molecule has 2 aliphatic heterocycles. The third kappa shape index (κ3) is 4.13. The lowest BCUT2D eigenvalue weighted by atomic mass is 9.73. The third-order valence-corrected chi connectivity index (χ3v) is 9.64. The molecule has 2 saturated heterocycles. The number of benzene rings is 1. The average Bonchev–Trinajstić information content (AvgIpc) is 3.51. The Balaban J connectivity index is 1.14. The molecular weight excluding hydrogens is 492 g/mol. The molecule has 2 fully saturated rings. The minimum absolute atomic E-state index is 0.0738. The third-order valence-electron chi connectivity index (χ3n) is 8.06. The van der Waals surface area contributed by atoms with E-state index in [2.05, 4.69) is 43.0 Å². The van der Waals surface area contributed by atoms with E-state index in [0.29, 0.717) is 15.9 Å². The second kappa shape index (κ2) is 9.28. The second-order valence-electron chi connectivity index (χ2n) is 10.1. The summed E-state index contributed by atoms with van der Waals surface area (Å²) in [5.41, 5.74) is 23.2. The number of pyridine rings is 1. The van der Waals surface area contributed by atoms with Crippen molar-refractivity contribution in [1.82, 2.24) is 15.0 Å². The molecule has 1 spiro atoms. The van der Waals surface area contributed by atoms with Gasteiger partial charge >= 0.3 is 0 Å². The van der Waals surface area contributed by atoms with Crippen molar-refractivity contribution in [2.45, 2.75) is 48.1 Å². The van der Waals surface area contributed by atoms with E-state index in [0.717, 1.165) is 56.2 Å². The van der Waals surface area contributed by atoms with Crippen LogP contribution in [0.1, 0.15) is 42.9 Å². The lowest BCUT2D eigenvalue weighted by Crippen LogP contribution is -2.44. The van der Waals surface area contributed by atoms with Crippen LogP contribution in [-0.4, -0.2) is 41.1 Å². The summed E-state index contributed by atoms with van der Waals surface area (Å²) in [5.74, 6) is 1.46. The highest BCUT2D eigenvalue weighted by atomic mass is 35.5. The van der Waals surface area contributed by atoms with E-state index < -0.39 is 0 Å². The number of halogens is 1. The Hall–Kier alpha value is -2.75. The first-order valence-electron chi connectivity index (χ1n) is 12.5. The molecule has 1 aromatic carbocycles. The van der Waals surface area contributed by atoms with Gasteiger partial charge in [-0.1, -0.05) is 29.4 Å². The monoisotopic (exact) mass is 522 g/mol. The molecule has 1 aliphatic carbocycles. The fourth-order valence-electron chi connectivity index (χ4n) is 5.93. The van der Waals surface area contributed by atoms with Crippen LogP contribution in [0.4, 0.5) is 23.1 Å². The maximum Gasteiger partial charge on any atom is 0.158 e. The Bertz CT molecular complexity index is 1290. The van der Waals surface area contributed by atoms with Gasteiger partial charge in [-0.05, 0) is 66.8 Å². The van der Waals surface area contributed by atoms with E-state index in [1.807, 2.05) is 0 Å². The Labute approximate surface area is 220 Å². The fourth-order valence-corrected chi connectivity index (χ4v) is 6.95. The zero-order chi connectivity index (χ0) is 24.9. The summed E-state index contributed by atoms with van der Waals surface area (Å²) in [6.07, 6.45) is 9.06. The first-order chi connectivity index (χ1) is 17.4. The number of anilines is 4. The minimum atomic E-state index is 0.0738. The van der Waals surface area contributed by atoms with Crippen molar-refractivity contribution >= 4 is 46.5 Å². The largest absolute Gasteiger partial charge is 0.382 e. The van der Waals surface area contributed by atoms with Gasteiger partial charge in [-0.25, -0.2) is 15.0 Å². The van der Waals surface area contributed by atoms with E-state index in [1.165, 1.54) is 41.4 Å². The Morgan fingerprint density at radius 1 is 0.972 bits per heavy atom. The standard InChI is InChI=1S/C26H31ClN8S/c27-21-19(5-8-31-23(21)29)36-25-24(30)33-20(15-32-25)35-11-6-26(7-12-35)14-16-3-4-17(13-18(16)22(26)28)34-9-1-2-10-34/h3-5,8,13,15,22H,1-2,6-7,9-12,14,28H2,(H2,29,31)(H2,30,33)/t22-/m1/s1. The van der Waals surface area contributed by atoms with Crippen molar-refractivity contribution in [3.63, 3.8) is 0 Å². The van der Waals surface area contributed by atoms with E-state index in [1.54, 1.807) is 18.5 Å². The number of fused-ring (bicyclic) bond motifs is 1. The first kappa shape index (κ1) is 23.6. The molecule has 4 heterocycles. The molecule has 0 radical (unpaired) electrons. The van der Waals surface area contributed by atoms with E-state index in [-0.39, 0.29) is 17.3 Å². The highest BCUT2D eigenvalue weighted by molar-refractivity contribution is 7.99. The van der Waals surface area contributed by atoms with Gasteiger partial charge < -0.3 is 27.0 Å². The maximum absolute atomic E-state index is 6.94. The Kier molecular flexibility index (Phi) is 6.09. The Morgan fingerprint density at radius 3 is 2.50 bits per heavy atom. The highest BCUT2D eigenvalue weighted by Crippen LogP contribution is 2.52. The van der Waals surface area contributed by atoms with Gasteiger partial charge in [0.1, 0.15) is 16.7 Å². The van der Waals surface area contributed by atoms with Crippen molar-refractivity contribution < 1.29 is 0 Å². The molecule has 3 aliphatic rings. The van der Waals surface area contributed by atoms with Crippen LogP contribution in [0.2, 0.25) is 5.02 Å². The van der Waals surface area contributed by atoms with Gasteiger partial charge in [0.25, 0.3) is 0 Å². The number of nitrogens with zero attached hydrogens (tertiary/aromatic N) is 5. The molecule has 36 heavy (non-hydrogen) atoms. The SMILES string of the molecule is Nc1nc(N2CCC3(CC2)Cc2ccc(N4CCCC4)cc2[C@H]3N)cnc1Sc1ccnc(N)c1Cl. The summed E-state index contributed by atoms with van der Waals surface area (Å²) >= 11 is 7.62. The molecule has 0 bridgehead atoms. The van der Waals surface area contributed by atoms with Crippen LogP contribution >= 0.6 is 23.4 Å². The molecule has 6 rings (SSSR count). The van der Waals surface area contributed by atoms with Gasteiger partial charge in [-0.3, -0.25) is 0 Å². The fraction of sp³-hybridized carbons (Fsp3) is 0.423. The van der Waals surface area contributed by atoms with E-state index >= 15 is 0 Å². The highest BCUT2D eigenvalue weighted by Gasteiger charge is 2.46. The molecule has 2 aromatic heterocycles. The summed E-state index contributed by atoms with van der Waals surface area (Å²) in [6.45, 7) is 4.07. The summed E-state index contributed by atoms with van der Waals surface area (Å²) in [4.78, 5) is 18.8. The number of nitrogen functional groups attached to an aromatic ring is 2. The molecule has 0 unspecified atom stereocenters. The predicted molar refractivity (Wildman–Crippen MR) is 147 cm³/mol. The van der Waals surface area contributed by atoms with Gasteiger partial charge in [0.15, 0.2) is 5.82 Å². The van der Waals surface area contributed by atoms with Crippen LogP contribution in [0.5, 0.6) is 0 Å². The van der Waals surface area contributed by atoms with Crippen molar-refractivity contribution in [3.8, 4) is 0 Å². The van der Waals surface area contributed by atoms with Crippen molar-refractivity contribution in [3.05, 3.63) is 52.8 Å². The van der Waals surface area contributed by atoms with Gasteiger partial charge in [0, 0.05) is 49.0 Å². The molecular formula is C26H31ClN8S. The zero-order valence-electron chi connectivity index (χ0n) is 20.2. The molecule has 0 saturated carbocycles. The summed E-state index contributed by atoms with van der Waals surface area (Å²) in [7, 11) is 0. The lowest BCUT2D eigenvalue weighted by molar-refractivity contribution is 0.187. The Morgan fingerprint density at radius 2 is 1.75 bits per heavy atom. The van der Waals surface area contributed by atoms with Crippen LogP contribution in [0.25, 0.3) is 0 Å². The van der Waals surface area contributed by atoms with Gasteiger partial charge in [-0.15, -0.1) is 0 Å². The zero-order valence-corrected chi connectivity index (χ0v) is 21.7. The number of rotatable bonds is 4. The lowest BCUT2D eigenvalue weighted by Gasteiger charge is -2.42. The van der Waals surface area contributed by atoms with Crippen LogP contribution < -0.4 is 27.0 Å². The smallest absolute Gasteiger partial charge is 0.158 e. The van der Waals surface area contributed by atoms with Gasteiger partial charge in [-0.2, -0.15) is 0 Å². The first-order valence-corrected chi connectivity index (χ1v) is 13.7. The van der Waals surface area contributed by atoms with Crippen LogP contribution in [0, 0.1) is 5.41 Å². The topological polar surface area (TPSA) is 123 Å². The van der Waals surface area contributed by atoms with E-state index in [4.69, 9.17) is 28.8 Å². The molecule has 8 nitrogen and oxygen atoms in total. The van der Waals surface area contributed by atoms with Crippen molar-refractivity contribution in [1.29, 1.82) is 0 Å². The quantitative estimate of drug-likeness (QED) is 0.460. The molecule has 188 valence electrons. The van der Waals surface area contributed by atoms with Crippen LogP contribution in [0.15, 0.2) is 46.6 Å². The van der Waals surface area contributed by atoms with Gasteiger partial charge in [0.2, 0.25) is 0 Å². The number of aromatic nitrogens is 3. The number of hydrogen-bond donors (Lipinski definition) is 3. The number of nitrogens with two attached hydrogens (primary N) is 3. The number of piperidine rings is 1. The molecule has 10 heteroatoms. The molecule has 0 amide bonds. The number of hydrogen-bond acceptors (Lipinski definition) is 9. The second-order valence-corrected chi connectivity index (χ2v) is 11.5. The van der Waals surface area contributed by atoms with Crippen molar-refractivity contribution in [2.24, 2.45) is 11.1 Å². The minimum Gasteiger partial charge on any atom is -0.382 e. The normalized spacial score (nSPS) is 20.8. The van der Waals surface area contributed by atoms with Crippen LogP contribution in [-0.2, 0) is 6.42 Å². The van der Waals surface area contributed by atoms with Crippen LogP contribution in [0.3, 0.4) is 0 Å². The maximum atomic E-state index is 6.94. The van der Waals surface area contributed by atoms with Crippen molar-refractivity contribution in [2.75, 3.05) is 47.4 Å². The summed E-state index contributed by atoms with van der Waals surface area (Å²) < 4.78 is 0. The predicted octanol–water partition coefficient (Wildman–Crippen LogP) is 4.28. The van der Waals surface area contributed by atoms with Gasteiger partial charge in [0.05, 0.1) is 11.2 Å². The molecule has 6 N–H and O–H groups in total. The average molecular weight is 523 g/mol. The summed E-state index contributed by atoms with van der Waals surface area (Å²) in [5, 5.41) is 0.998. The molecule has 1 atom stereocenters.